The largest absolute Gasteiger partial charge is 0.356 e. The van der Waals surface area contributed by atoms with E-state index in [1.54, 1.807) is 24.3 Å². The highest BCUT2D eigenvalue weighted by molar-refractivity contribution is 6.31. The van der Waals surface area contributed by atoms with Crippen molar-refractivity contribution in [2.24, 2.45) is 5.73 Å². The van der Waals surface area contributed by atoms with Gasteiger partial charge in [-0.05, 0) is 61.3 Å². The first kappa shape index (κ1) is 17.4. The summed E-state index contributed by atoms with van der Waals surface area (Å²) in [5.41, 5.74) is 9.80. The Morgan fingerprint density at radius 3 is 2.77 bits per heavy atom. The second-order valence-corrected chi connectivity index (χ2v) is 7.43. The molecule has 1 unspecified atom stereocenters. The van der Waals surface area contributed by atoms with E-state index in [-0.39, 0.29) is 11.9 Å². The number of nitrogens with one attached hydrogen (secondary N) is 1. The lowest BCUT2D eigenvalue weighted by atomic mass is 9.94. The molecule has 2 aromatic carbocycles. The fraction of sp³-hybridized carbons (Fsp3) is 0.250. The van der Waals surface area contributed by atoms with Gasteiger partial charge in [-0.25, -0.2) is 0 Å². The van der Waals surface area contributed by atoms with E-state index in [0.717, 1.165) is 23.0 Å². The number of nitrogens with zero attached hydrogens (tertiary/aromatic N) is 1. The second-order valence-electron chi connectivity index (χ2n) is 6.56. The Labute approximate surface area is 161 Å². The minimum absolute atomic E-state index is 0.0201. The number of hydrogen-bond donors (Lipinski definition) is 2. The molecular formula is C20H19Cl2N3O. The van der Waals surface area contributed by atoms with E-state index < -0.39 is 0 Å². The minimum atomic E-state index is -0.0820. The molecule has 0 saturated heterocycles. The van der Waals surface area contributed by atoms with Gasteiger partial charge in [0.25, 0.3) is 5.91 Å². The van der Waals surface area contributed by atoms with Gasteiger partial charge in [-0.1, -0.05) is 29.3 Å². The van der Waals surface area contributed by atoms with Gasteiger partial charge in [0.1, 0.15) is 0 Å². The molecule has 3 N–H and O–H groups in total. The standard InChI is InChI=1S/C20H19Cl2N3O/c21-13-3-1-2-12(10-13)20(26)25-9-7-15-16-11-14(22)4-5-17(16)24-19(15)18(25)6-8-23/h1-5,10-11,18,24H,6-9,23H2. The predicted molar refractivity (Wildman–Crippen MR) is 106 cm³/mol. The van der Waals surface area contributed by atoms with Gasteiger partial charge in [-0.3, -0.25) is 4.79 Å². The van der Waals surface area contributed by atoms with Crippen LogP contribution >= 0.6 is 23.2 Å². The molecule has 1 aliphatic rings. The zero-order valence-electron chi connectivity index (χ0n) is 14.1. The van der Waals surface area contributed by atoms with Crippen molar-refractivity contribution in [3.63, 3.8) is 0 Å². The van der Waals surface area contributed by atoms with Crippen molar-refractivity contribution in [1.29, 1.82) is 0 Å². The van der Waals surface area contributed by atoms with Crippen molar-refractivity contribution < 1.29 is 4.79 Å². The van der Waals surface area contributed by atoms with E-state index in [1.165, 1.54) is 5.56 Å². The molecule has 6 heteroatoms. The van der Waals surface area contributed by atoms with E-state index in [2.05, 4.69) is 4.98 Å². The number of aromatic nitrogens is 1. The molecule has 0 spiro atoms. The monoisotopic (exact) mass is 387 g/mol. The van der Waals surface area contributed by atoms with Crippen LogP contribution in [0.3, 0.4) is 0 Å². The quantitative estimate of drug-likeness (QED) is 0.691. The highest BCUT2D eigenvalue weighted by Crippen LogP contribution is 2.37. The van der Waals surface area contributed by atoms with Crippen molar-refractivity contribution in [3.05, 3.63) is 69.3 Å². The van der Waals surface area contributed by atoms with Gasteiger partial charge in [-0.15, -0.1) is 0 Å². The number of carbonyl (C=O) groups excluding carboxylic acids is 1. The molecule has 0 bridgehead atoms. The van der Waals surface area contributed by atoms with Crippen LogP contribution in [-0.2, 0) is 6.42 Å². The van der Waals surface area contributed by atoms with Gasteiger partial charge in [0, 0.05) is 38.8 Å². The smallest absolute Gasteiger partial charge is 0.254 e. The summed E-state index contributed by atoms with van der Waals surface area (Å²) in [7, 11) is 0. The summed E-state index contributed by atoms with van der Waals surface area (Å²) in [6.07, 6.45) is 1.48. The van der Waals surface area contributed by atoms with Gasteiger partial charge < -0.3 is 15.6 Å². The van der Waals surface area contributed by atoms with E-state index in [9.17, 15) is 4.79 Å². The molecular weight excluding hydrogens is 369 g/mol. The molecule has 0 saturated carbocycles. The topological polar surface area (TPSA) is 62.1 Å². The Hall–Kier alpha value is -2.01. The zero-order valence-corrected chi connectivity index (χ0v) is 15.6. The third-order valence-corrected chi connectivity index (χ3v) is 5.46. The van der Waals surface area contributed by atoms with Crippen LogP contribution in [0.25, 0.3) is 10.9 Å². The van der Waals surface area contributed by atoms with Crippen LogP contribution in [0.15, 0.2) is 42.5 Å². The third kappa shape index (κ3) is 2.98. The molecule has 0 radical (unpaired) electrons. The lowest BCUT2D eigenvalue weighted by molar-refractivity contribution is 0.0649. The maximum Gasteiger partial charge on any atom is 0.254 e. The molecule has 3 aromatic rings. The summed E-state index contributed by atoms with van der Waals surface area (Å²) in [4.78, 5) is 18.5. The molecule has 1 atom stereocenters. The van der Waals surface area contributed by atoms with Gasteiger partial charge in [0.15, 0.2) is 0 Å². The number of carbonyl (C=O) groups is 1. The van der Waals surface area contributed by atoms with Crippen LogP contribution in [-0.4, -0.2) is 28.9 Å². The SMILES string of the molecule is NCCC1c2[nH]c3ccc(Cl)cc3c2CCN1C(=O)c1cccc(Cl)c1. The number of amides is 1. The van der Waals surface area contributed by atoms with Gasteiger partial charge in [-0.2, -0.15) is 0 Å². The van der Waals surface area contributed by atoms with Gasteiger partial charge >= 0.3 is 0 Å². The number of halogens is 2. The molecule has 134 valence electrons. The molecule has 1 aliphatic heterocycles. The molecule has 1 aromatic heterocycles. The Kier molecular flexibility index (Phi) is 4.65. The van der Waals surface area contributed by atoms with Crippen molar-refractivity contribution >= 4 is 40.0 Å². The van der Waals surface area contributed by atoms with Gasteiger partial charge in [0.05, 0.1) is 6.04 Å². The lowest BCUT2D eigenvalue weighted by Crippen LogP contribution is -2.40. The Morgan fingerprint density at radius 1 is 1.19 bits per heavy atom. The normalized spacial score (nSPS) is 16.7. The number of aromatic amines is 1. The molecule has 0 aliphatic carbocycles. The van der Waals surface area contributed by atoms with E-state index in [1.807, 2.05) is 23.1 Å². The maximum atomic E-state index is 13.1. The van der Waals surface area contributed by atoms with Crippen LogP contribution in [0.1, 0.15) is 34.1 Å². The summed E-state index contributed by atoms with van der Waals surface area (Å²) in [5, 5.41) is 2.40. The highest BCUT2D eigenvalue weighted by atomic mass is 35.5. The number of rotatable bonds is 3. The van der Waals surface area contributed by atoms with Crippen LogP contribution in [0.4, 0.5) is 0 Å². The molecule has 2 heterocycles. The van der Waals surface area contributed by atoms with Crippen molar-refractivity contribution in [3.8, 4) is 0 Å². The first-order valence-corrected chi connectivity index (χ1v) is 9.40. The summed E-state index contributed by atoms with van der Waals surface area (Å²) in [5.74, 6) is -0.0201. The average Bonchev–Trinajstić information content (AvgIpc) is 3.00. The van der Waals surface area contributed by atoms with Gasteiger partial charge in [0.2, 0.25) is 0 Å². The average molecular weight is 388 g/mol. The summed E-state index contributed by atoms with van der Waals surface area (Å²) in [6, 6.07) is 12.8. The molecule has 4 nitrogen and oxygen atoms in total. The van der Waals surface area contributed by atoms with E-state index in [4.69, 9.17) is 28.9 Å². The lowest BCUT2D eigenvalue weighted by Gasteiger charge is -2.36. The fourth-order valence-corrected chi connectivity index (χ4v) is 4.19. The predicted octanol–water partition coefficient (Wildman–Crippen LogP) is 4.56. The van der Waals surface area contributed by atoms with E-state index >= 15 is 0 Å². The van der Waals surface area contributed by atoms with Crippen molar-refractivity contribution in [2.75, 3.05) is 13.1 Å². The Balaban J connectivity index is 1.76. The fourth-order valence-electron chi connectivity index (χ4n) is 3.83. The van der Waals surface area contributed by atoms with Crippen LogP contribution in [0, 0.1) is 0 Å². The summed E-state index contributed by atoms with van der Waals surface area (Å²) in [6.45, 7) is 1.14. The van der Waals surface area contributed by atoms with E-state index in [0.29, 0.717) is 35.1 Å². The summed E-state index contributed by atoms with van der Waals surface area (Å²) < 4.78 is 0. The number of H-pyrrole nitrogens is 1. The van der Waals surface area contributed by atoms with Crippen LogP contribution in [0.2, 0.25) is 10.0 Å². The number of nitrogens with two attached hydrogens (primary N) is 1. The van der Waals surface area contributed by atoms with Crippen LogP contribution < -0.4 is 5.73 Å². The molecule has 0 fully saturated rings. The second kappa shape index (κ2) is 6.95. The Bertz CT molecular complexity index is 982. The number of benzene rings is 2. The van der Waals surface area contributed by atoms with Crippen molar-refractivity contribution in [1.82, 2.24) is 9.88 Å². The first-order valence-electron chi connectivity index (χ1n) is 8.65. The highest BCUT2D eigenvalue weighted by Gasteiger charge is 2.33. The number of fused-ring (bicyclic) bond motifs is 3. The Morgan fingerprint density at radius 2 is 2.00 bits per heavy atom. The van der Waals surface area contributed by atoms with Crippen LogP contribution in [0.5, 0.6) is 0 Å². The maximum absolute atomic E-state index is 13.1. The molecule has 1 amide bonds. The summed E-state index contributed by atoms with van der Waals surface area (Å²) >= 11 is 12.2. The zero-order chi connectivity index (χ0) is 18.3. The molecule has 4 rings (SSSR count). The minimum Gasteiger partial charge on any atom is -0.356 e. The molecule has 26 heavy (non-hydrogen) atoms. The third-order valence-electron chi connectivity index (χ3n) is 4.99. The number of hydrogen-bond acceptors (Lipinski definition) is 2. The van der Waals surface area contributed by atoms with Crippen molar-refractivity contribution in [2.45, 2.75) is 18.9 Å². The first-order chi connectivity index (χ1) is 12.6.